The second-order valence-corrected chi connectivity index (χ2v) is 3.43. The molecule has 4 N–H and O–H groups in total. The molecule has 2 nitrogen and oxygen atoms in total. The van der Waals surface area contributed by atoms with E-state index in [0.717, 1.165) is 0 Å². The molecule has 1 aromatic rings. The molecule has 1 unspecified atom stereocenters. The van der Waals surface area contributed by atoms with Crippen LogP contribution in [0.15, 0.2) is 30.3 Å². The quantitative estimate of drug-likeness (QED) is 0.730. The molecule has 13 heavy (non-hydrogen) atoms. The fourth-order valence-corrected chi connectivity index (χ4v) is 1.53. The summed E-state index contributed by atoms with van der Waals surface area (Å²) in [5.41, 5.74) is 12.6. The van der Waals surface area contributed by atoms with E-state index in [2.05, 4.69) is 31.2 Å². The molecule has 1 atom stereocenters. The average Bonchev–Trinajstić information content (AvgIpc) is 2.21. The maximum Gasteiger partial charge on any atom is -0.00310 e. The molecule has 0 aliphatic carbocycles. The van der Waals surface area contributed by atoms with Crippen molar-refractivity contribution in [3.63, 3.8) is 0 Å². The van der Waals surface area contributed by atoms with Crippen molar-refractivity contribution in [3.05, 3.63) is 35.9 Å². The molecule has 1 aromatic carbocycles. The summed E-state index contributed by atoms with van der Waals surface area (Å²) in [5, 5.41) is 0. The molecule has 0 heterocycles. The van der Waals surface area contributed by atoms with Gasteiger partial charge >= 0.3 is 0 Å². The lowest BCUT2D eigenvalue weighted by atomic mass is 9.88. The van der Waals surface area contributed by atoms with Gasteiger partial charge in [0.05, 0.1) is 0 Å². The summed E-state index contributed by atoms with van der Waals surface area (Å²) in [5.74, 6) is 0.846. The van der Waals surface area contributed by atoms with Gasteiger partial charge in [0.25, 0.3) is 0 Å². The van der Waals surface area contributed by atoms with Crippen molar-refractivity contribution < 1.29 is 0 Å². The molecule has 0 spiro atoms. The molecule has 2 heteroatoms. The molecule has 72 valence electrons. The summed E-state index contributed by atoms with van der Waals surface area (Å²) in [6.07, 6.45) is 0. The summed E-state index contributed by atoms with van der Waals surface area (Å²) in [4.78, 5) is 0. The van der Waals surface area contributed by atoms with Gasteiger partial charge in [-0.2, -0.15) is 0 Å². The highest BCUT2D eigenvalue weighted by Gasteiger charge is 2.15. The van der Waals surface area contributed by atoms with Gasteiger partial charge in [-0.15, -0.1) is 0 Å². The van der Waals surface area contributed by atoms with Gasteiger partial charge in [0.2, 0.25) is 0 Å². The SMILES string of the molecule is CC(c1ccccc1)C(CN)CN. The zero-order valence-corrected chi connectivity index (χ0v) is 8.11. The Morgan fingerprint density at radius 1 is 1.08 bits per heavy atom. The number of hydrogen-bond donors (Lipinski definition) is 2. The molecule has 0 saturated carbocycles. The molecule has 0 fully saturated rings. The highest BCUT2D eigenvalue weighted by molar-refractivity contribution is 5.19. The van der Waals surface area contributed by atoms with Crippen LogP contribution in [-0.2, 0) is 0 Å². The van der Waals surface area contributed by atoms with Gasteiger partial charge in [0.1, 0.15) is 0 Å². The second-order valence-electron chi connectivity index (χ2n) is 3.43. The van der Waals surface area contributed by atoms with E-state index in [1.165, 1.54) is 5.56 Å². The highest BCUT2D eigenvalue weighted by Crippen LogP contribution is 2.22. The van der Waals surface area contributed by atoms with E-state index in [0.29, 0.717) is 24.9 Å². The van der Waals surface area contributed by atoms with Crippen LogP contribution in [0.2, 0.25) is 0 Å². The molecular weight excluding hydrogens is 160 g/mol. The normalized spacial score (nSPS) is 13.2. The molecule has 0 saturated heterocycles. The Morgan fingerprint density at radius 2 is 1.62 bits per heavy atom. The van der Waals surface area contributed by atoms with Crippen LogP contribution in [0.25, 0.3) is 0 Å². The van der Waals surface area contributed by atoms with Crippen molar-refractivity contribution in [1.29, 1.82) is 0 Å². The number of rotatable bonds is 4. The Kier molecular flexibility index (Phi) is 3.93. The minimum absolute atomic E-state index is 0.391. The molecule has 1 rings (SSSR count). The third kappa shape index (κ3) is 2.54. The lowest BCUT2D eigenvalue weighted by molar-refractivity contribution is 0.466. The first-order chi connectivity index (χ1) is 6.29. The summed E-state index contributed by atoms with van der Waals surface area (Å²) in [6.45, 7) is 3.50. The van der Waals surface area contributed by atoms with Gasteiger partial charge in [0.15, 0.2) is 0 Å². The standard InChI is InChI=1S/C11H18N2/c1-9(11(7-12)8-13)10-5-3-2-4-6-10/h2-6,9,11H,7-8,12-13H2,1H3. The Bertz CT molecular complexity index is 229. The largest absolute Gasteiger partial charge is 0.330 e. The van der Waals surface area contributed by atoms with E-state index in [9.17, 15) is 0 Å². The third-order valence-corrected chi connectivity index (χ3v) is 2.64. The fraction of sp³-hybridized carbons (Fsp3) is 0.455. The third-order valence-electron chi connectivity index (χ3n) is 2.64. The maximum absolute atomic E-state index is 5.64. The van der Waals surface area contributed by atoms with Crippen LogP contribution < -0.4 is 11.5 Å². The van der Waals surface area contributed by atoms with E-state index in [1.807, 2.05) is 6.07 Å². The highest BCUT2D eigenvalue weighted by atomic mass is 14.6. The van der Waals surface area contributed by atoms with Crippen molar-refractivity contribution in [2.24, 2.45) is 17.4 Å². The van der Waals surface area contributed by atoms with Gasteiger partial charge in [-0.3, -0.25) is 0 Å². The van der Waals surface area contributed by atoms with Crippen molar-refractivity contribution >= 4 is 0 Å². The first kappa shape index (κ1) is 10.2. The van der Waals surface area contributed by atoms with Crippen LogP contribution in [0.3, 0.4) is 0 Å². The average molecular weight is 178 g/mol. The van der Waals surface area contributed by atoms with Gasteiger partial charge in [0, 0.05) is 0 Å². The van der Waals surface area contributed by atoms with Crippen LogP contribution in [0.4, 0.5) is 0 Å². The number of nitrogens with two attached hydrogens (primary N) is 2. The van der Waals surface area contributed by atoms with Gasteiger partial charge < -0.3 is 11.5 Å². The van der Waals surface area contributed by atoms with E-state index in [4.69, 9.17) is 11.5 Å². The monoisotopic (exact) mass is 178 g/mol. The molecule has 0 bridgehead atoms. The lowest BCUT2D eigenvalue weighted by Crippen LogP contribution is -2.27. The number of benzene rings is 1. The molecule has 0 radical (unpaired) electrons. The van der Waals surface area contributed by atoms with Crippen molar-refractivity contribution in [3.8, 4) is 0 Å². The summed E-state index contributed by atoms with van der Waals surface area (Å²) < 4.78 is 0. The first-order valence-corrected chi connectivity index (χ1v) is 4.74. The summed E-state index contributed by atoms with van der Waals surface area (Å²) >= 11 is 0. The predicted molar refractivity (Wildman–Crippen MR) is 56.5 cm³/mol. The van der Waals surface area contributed by atoms with Crippen molar-refractivity contribution in [2.45, 2.75) is 12.8 Å². The van der Waals surface area contributed by atoms with E-state index >= 15 is 0 Å². The molecule has 0 aliphatic rings. The van der Waals surface area contributed by atoms with Crippen LogP contribution in [-0.4, -0.2) is 13.1 Å². The molecule has 0 amide bonds. The molecule has 0 aliphatic heterocycles. The first-order valence-electron chi connectivity index (χ1n) is 4.74. The van der Waals surface area contributed by atoms with E-state index in [-0.39, 0.29) is 0 Å². The zero-order chi connectivity index (χ0) is 9.68. The van der Waals surface area contributed by atoms with Crippen molar-refractivity contribution in [2.75, 3.05) is 13.1 Å². The van der Waals surface area contributed by atoms with E-state index < -0.39 is 0 Å². The smallest absolute Gasteiger partial charge is 0.00310 e. The lowest BCUT2D eigenvalue weighted by Gasteiger charge is -2.20. The van der Waals surface area contributed by atoms with Gasteiger partial charge in [-0.25, -0.2) is 0 Å². The Labute approximate surface area is 79.9 Å². The summed E-state index contributed by atoms with van der Waals surface area (Å²) in [6, 6.07) is 10.4. The Hall–Kier alpha value is -0.860. The Morgan fingerprint density at radius 3 is 2.08 bits per heavy atom. The summed E-state index contributed by atoms with van der Waals surface area (Å²) in [7, 11) is 0. The molecular formula is C11H18N2. The van der Waals surface area contributed by atoms with Crippen LogP contribution in [0.5, 0.6) is 0 Å². The Balaban J connectivity index is 2.72. The maximum atomic E-state index is 5.64. The zero-order valence-electron chi connectivity index (χ0n) is 8.11. The van der Waals surface area contributed by atoms with Crippen molar-refractivity contribution in [1.82, 2.24) is 0 Å². The predicted octanol–water partition coefficient (Wildman–Crippen LogP) is 1.32. The van der Waals surface area contributed by atoms with Crippen LogP contribution in [0, 0.1) is 5.92 Å². The minimum Gasteiger partial charge on any atom is -0.330 e. The van der Waals surface area contributed by atoms with Gasteiger partial charge in [-0.1, -0.05) is 37.3 Å². The topological polar surface area (TPSA) is 52.0 Å². The number of hydrogen-bond acceptors (Lipinski definition) is 2. The van der Waals surface area contributed by atoms with Gasteiger partial charge in [-0.05, 0) is 30.5 Å². The molecule has 0 aromatic heterocycles. The van der Waals surface area contributed by atoms with Crippen LogP contribution >= 0.6 is 0 Å². The van der Waals surface area contributed by atoms with Crippen LogP contribution in [0.1, 0.15) is 18.4 Å². The fourth-order valence-electron chi connectivity index (χ4n) is 1.53. The second kappa shape index (κ2) is 5.00. The minimum atomic E-state index is 0.391. The van der Waals surface area contributed by atoms with E-state index in [1.54, 1.807) is 0 Å².